The minimum Gasteiger partial charge on any atom is -0.324 e. The first-order chi connectivity index (χ1) is 11.3. The van der Waals surface area contributed by atoms with Crippen molar-refractivity contribution in [2.24, 2.45) is 0 Å². The second-order valence-corrected chi connectivity index (χ2v) is 6.65. The molecule has 0 heterocycles. The average molecular weight is 411 g/mol. The van der Waals surface area contributed by atoms with E-state index in [4.69, 9.17) is 11.6 Å². The van der Waals surface area contributed by atoms with Crippen LogP contribution in [0.15, 0.2) is 46.9 Å². The van der Waals surface area contributed by atoms with E-state index < -0.39 is 0 Å². The Kier molecular flexibility index (Phi) is 6.23. The van der Waals surface area contributed by atoms with Crippen LogP contribution in [0.2, 0.25) is 5.02 Å². The van der Waals surface area contributed by atoms with Gasteiger partial charge in [-0.1, -0.05) is 27.5 Å². The van der Waals surface area contributed by atoms with Crippen LogP contribution in [0.1, 0.15) is 5.56 Å². The third kappa shape index (κ3) is 5.25. The summed E-state index contributed by atoms with van der Waals surface area (Å²) in [4.78, 5) is 25.5. The van der Waals surface area contributed by atoms with Gasteiger partial charge in [0.25, 0.3) is 0 Å². The lowest BCUT2D eigenvalue weighted by Crippen LogP contribution is -2.37. The molecule has 2 aromatic carbocycles. The van der Waals surface area contributed by atoms with Crippen LogP contribution < -0.4 is 10.6 Å². The number of carbonyl (C=O) groups is 2. The van der Waals surface area contributed by atoms with Crippen molar-refractivity contribution in [2.75, 3.05) is 24.2 Å². The minimum absolute atomic E-state index is 0.0606. The first kappa shape index (κ1) is 18.3. The van der Waals surface area contributed by atoms with Gasteiger partial charge in [-0.2, -0.15) is 0 Å². The summed E-state index contributed by atoms with van der Waals surface area (Å²) in [6.07, 6.45) is 0. The highest BCUT2D eigenvalue weighted by Crippen LogP contribution is 2.20. The van der Waals surface area contributed by atoms with E-state index in [0.717, 1.165) is 15.7 Å². The van der Waals surface area contributed by atoms with Crippen molar-refractivity contribution >= 4 is 50.8 Å². The van der Waals surface area contributed by atoms with Gasteiger partial charge >= 0.3 is 6.03 Å². The highest BCUT2D eigenvalue weighted by molar-refractivity contribution is 9.10. The molecule has 0 saturated carbocycles. The molecule has 0 atom stereocenters. The third-order valence-electron chi connectivity index (χ3n) is 3.29. The smallest absolute Gasteiger partial charge is 0.322 e. The number of hydrogen-bond donors (Lipinski definition) is 2. The van der Waals surface area contributed by atoms with Gasteiger partial charge in [0.15, 0.2) is 0 Å². The number of halogens is 2. The van der Waals surface area contributed by atoms with Crippen molar-refractivity contribution in [3.63, 3.8) is 0 Å². The number of rotatable bonds is 4. The van der Waals surface area contributed by atoms with Crippen LogP contribution in [0.25, 0.3) is 0 Å². The minimum atomic E-state index is -0.375. The van der Waals surface area contributed by atoms with Crippen LogP contribution in [0.3, 0.4) is 0 Å². The summed E-state index contributed by atoms with van der Waals surface area (Å²) >= 11 is 9.18. The zero-order chi connectivity index (χ0) is 17.7. The van der Waals surface area contributed by atoms with Gasteiger partial charge < -0.3 is 15.5 Å². The molecular formula is C17H17BrClN3O2. The molecule has 24 heavy (non-hydrogen) atoms. The molecule has 2 aromatic rings. The van der Waals surface area contributed by atoms with Crippen molar-refractivity contribution in [3.8, 4) is 0 Å². The standard InChI is InChI=1S/C17H17BrClN3O2/c1-11-9-12(18)3-8-15(11)21-16(23)10-22(2)17(24)20-14-6-4-13(19)5-7-14/h3-9H,10H2,1-2H3,(H,20,24)(H,21,23). The summed E-state index contributed by atoms with van der Waals surface area (Å²) < 4.78 is 0.942. The fourth-order valence-electron chi connectivity index (χ4n) is 2.00. The summed E-state index contributed by atoms with van der Waals surface area (Å²) in [5, 5.41) is 6.08. The predicted octanol–water partition coefficient (Wildman–Crippen LogP) is 4.51. The molecular weight excluding hydrogens is 394 g/mol. The van der Waals surface area contributed by atoms with Gasteiger partial charge in [-0.15, -0.1) is 0 Å². The van der Waals surface area contributed by atoms with Gasteiger partial charge in [-0.3, -0.25) is 4.79 Å². The summed E-state index contributed by atoms with van der Waals surface area (Å²) in [7, 11) is 1.55. The number of anilines is 2. The number of urea groups is 1. The lowest BCUT2D eigenvalue weighted by Gasteiger charge is -2.18. The Bertz CT molecular complexity index is 750. The van der Waals surface area contributed by atoms with Gasteiger partial charge in [0.2, 0.25) is 5.91 Å². The van der Waals surface area contributed by atoms with E-state index in [1.165, 1.54) is 4.90 Å². The number of aryl methyl sites for hydroxylation is 1. The molecule has 2 N–H and O–H groups in total. The van der Waals surface area contributed by atoms with Gasteiger partial charge in [-0.05, 0) is 55.0 Å². The molecule has 0 bridgehead atoms. The monoisotopic (exact) mass is 409 g/mol. The summed E-state index contributed by atoms with van der Waals surface area (Å²) in [5.41, 5.74) is 2.26. The van der Waals surface area contributed by atoms with Gasteiger partial charge in [0, 0.05) is 27.9 Å². The average Bonchev–Trinajstić information content (AvgIpc) is 2.52. The summed E-state index contributed by atoms with van der Waals surface area (Å²) in [6, 6.07) is 11.9. The van der Waals surface area contributed by atoms with Gasteiger partial charge in [0.1, 0.15) is 6.54 Å². The molecule has 7 heteroatoms. The largest absolute Gasteiger partial charge is 0.324 e. The SMILES string of the molecule is Cc1cc(Br)ccc1NC(=O)CN(C)C(=O)Nc1ccc(Cl)cc1. The second kappa shape index (κ2) is 8.17. The lowest BCUT2D eigenvalue weighted by molar-refractivity contribution is -0.116. The Hall–Kier alpha value is -2.05. The highest BCUT2D eigenvalue weighted by Gasteiger charge is 2.14. The van der Waals surface area contributed by atoms with Crippen molar-refractivity contribution in [3.05, 3.63) is 57.5 Å². The van der Waals surface area contributed by atoms with Crippen LogP contribution in [0.4, 0.5) is 16.2 Å². The van der Waals surface area contributed by atoms with Crippen LogP contribution in [0.5, 0.6) is 0 Å². The Labute approximate surface area is 154 Å². The molecule has 0 unspecified atom stereocenters. The molecule has 0 radical (unpaired) electrons. The second-order valence-electron chi connectivity index (χ2n) is 5.30. The van der Waals surface area contributed by atoms with Crippen LogP contribution in [-0.4, -0.2) is 30.4 Å². The molecule has 126 valence electrons. The van der Waals surface area contributed by atoms with E-state index in [1.807, 2.05) is 25.1 Å². The normalized spacial score (nSPS) is 10.2. The maximum Gasteiger partial charge on any atom is 0.322 e. The Morgan fingerprint density at radius 2 is 1.79 bits per heavy atom. The predicted molar refractivity (Wildman–Crippen MR) is 101 cm³/mol. The van der Waals surface area contributed by atoms with E-state index in [1.54, 1.807) is 31.3 Å². The van der Waals surface area contributed by atoms with Gasteiger partial charge in [-0.25, -0.2) is 4.79 Å². The van der Waals surface area contributed by atoms with Crippen LogP contribution in [-0.2, 0) is 4.79 Å². The zero-order valence-corrected chi connectivity index (χ0v) is 15.6. The first-order valence-corrected chi connectivity index (χ1v) is 8.36. The number of amides is 3. The summed E-state index contributed by atoms with van der Waals surface area (Å²) in [5.74, 6) is -0.269. The molecule has 0 saturated heterocycles. The third-order valence-corrected chi connectivity index (χ3v) is 4.03. The molecule has 0 spiro atoms. The van der Waals surface area contributed by atoms with E-state index in [9.17, 15) is 9.59 Å². The van der Waals surface area contributed by atoms with E-state index in [0.29, 0.717) is 10.7 Å². The molecule has 0 aliphatic carbocycles. The van der Waals surface area contributed by atoms with Crippen molar-refractivity contribution < 1.29 is 9.59 Å². The number of nitrogens with one attached hydrogen (secondary N) is 2. The maximum atomic E-state index is 12.1. The van der Waals surface area contributed by atoms with Gasteiger partial charge in [0.05, 0.1) is 0 Å². The molecule has 3 amide bonds. The topological polar surface area (TPSA) is 61.4 Å². The maximum absolute atomic E-state index is 12.1. The van der Waals surface area contributed by atoms with Crippen LogP contribution in [0, 0.1) is 6.92 Å². The Morgan fingerprint density at radius 3 is 2.42 bits per heavy atom. The highest BCUT2D eigenvalue weighted by atomic mass is 79.9. The van der Waals surface area contributed by atoms with Crippen molar-refractivity contribution in [2.45, 2.75) is 6.92 Å². The van der Waals surface area contributed by atoms with E-state index >= 15 is 0 Å². The molecule has 0 aliphatic heterocycles. The molecule has 0 fully saturated rings. The van der Waals surface area contributed by atoms with Crippen LogP contribution >= 0.6 is 27.5 Å². The number of carbonyl (C=O) groups excluding carboxylic acids is 2. The number of hydrogen-bond acceptors (Lipinski definition) is 2. The zero-order valence-electron chi connectivity index (χ0n) is 13.3. The molecule has 0 aliphatic rings. The number of nitrogens with zero attached hydrogens (tertiary/aromatic N) is 1. The lowest BCUT2D eigenvalue weighted by atomic mass is 10.2. The molecule has 2 rings (SSSR count). The quantitative estimate of drug-likeness (QED) is 0.779. The fraction of sp³-hybridized carbons (Fsp3) is 0.176. The molecule has 0 aromatic heterocycles. The molecule has 5 nitrogen and oxygen atoms in total. The Balaban J connectivity index is 1.90. The first-order valence-electron chi connectivity index (χ1n) is 7.19. The fourth-order valence-corrected chi connectivity index (χ4v) is 2.60. The number of benzene rings is 2. The van der Waals surface area contributed by atoms with E-state index in [2.05, 4.69) is 26.6 Å². The number of likely N-dealkylation sites (N-methyl/N-ethyl adjacent to an activating group) is 1. The summed E-state index contributed by atoms with van der Waals surface area (Å²) in [6.45, 7) is 1.84. The Morgan fingerprint density at radius 1 is 1.12 bits per heavy atom. The van der Waals surface area contributed by atoms with Crippen molar-refractivity contribution in [1.82, 2.24) is 4.90 Å². The van der Waals surface area contributed by atoms with E-state index in [-0.39, 0.29) is 18.5 Å². The van der Waals surface area contributed by atoms with Crippen molar-refractivity contribution in [1.29, 1.82) is 0 Å².